The molecule has 0 heteroatoms. The van der Waals surface area contributed by atoms with Crippen molar-refractivity contribution in [2.24, 2.45) is 0 Å². The fourth-order valence-electron chi connectivity index (χ4n) is 4.79. The molecule has 30 heavy (non-hydrogen) atoms. The van der Waals surface area contributed by atoms with Gasteiger partial charge in [-0.2, -0.15) is 0 Å². The van der Waals surface area contributed by atoms with E-state index >= 15 is 0 Å². The zero-order chi connectivity index (χ0) is 20.8. The Balaban J connectivity index is 1.93. The lowest BCUT2D eigenvalue weighted by Gasteiger charge is -2.17. The summed E-state index contributed by atoms with van der Waals surface area (Å²) in [6.07, 6.45) is 0. The van der Waals surface area contributed by atoms with E-state index in [1.54, 1.807) is 0 Å². The lowest BCUT2D eigenvalue weighted by molar-refractivity contribution is 1.42. The summed E-state index contributed by atoms with van der Waals surface area (Å²) in [5.41, 5.74) is 10.6. The summed E-state index contributed by atoms with van der Waals surface area (Å²) < 4.78 is 0. The van der Waals surface area contributed by atoms with E-state index in [4.69, 9.17) is 0 Å². The minimum absolute atomic E-state index is 1.30. The maximum absolute atomic E-state index is 2.42. The van der Waals surface area contributed by atoms with Crippen LogP contribution < -0.4 is 0 Å². The van der Waals surface area contributed by atoms with Gasteiger partial charge in [-0.15, -0.1) is 0 Å². The minimum atomic E-state index is 1.30. The minimum Gasteiger partial charge on any atom is -0.0620 e. The van der Waals surface area contributed by atoms with Gasteiger partial charge >= 0.3 is 0 Å². The molecule has 0 aliphatic carbocycles. The first-order chi connectivity index (χ1) is 14.5. The Bertz CT molecular complexity index is 1310. The average molecular weight is 387 g/mol. The Morgan fingerprint density at radius 2 is 0.833 bits per heavy atom. The molecule has 0 radical (unpaired) electrons. The van der Waals surface area contributed by atoms with E-state index in [1.807, 2.05) is 0 Å². The van der Waals surface area contributed by atoms with Gasteiger partial charge in [0.05, 0.1) is 0 Å². The third kappa shape index (κ3) is 2.92. The van der Waals surface area contributed by atoms with Gasteiger partial charge in [0.15, 0.2) is 0 Å². The van der Waals surface area contributed by atoms with Crippen LogP contribution in [0.5, 0.6) is 0 Å². The van der Waals surface area contributed by atoms with Gasteiger partial charge in [0.2, 0.25) is 0 Å². The summed E-state index contributed by atoms with van der Waals surface area (Å²) in [6, 6.07) is 31.3. The van der Waals surface area contributed by atoms with Gasteiger partial charge in [-0.05, 0) is 106 Å². The molecule has 5 rings (SSSR count). The molecule has 0 nitrogen and oxygen atoms in total. The molecule has 146 valence electrons. The van der Waals surface area contributed by atoms with Crippen LogP contribution in [-0.2, 0) is 0 Å². The Labute approximate surface area is 178 Å². The topological polar surface area (TPSA) is 0 Å². The van der Waals surface area contributed by atoms with E-state index in [-0.39, 0.29) is 0 Å². The number of rotatable bonds is 2. The van der Waals surface area contributed by atoms with Crippen molar-refractivity contribution in [2.45, 2.75) is 27.7 Å². The highest BCUT2D eigenvalue weighted by Crippen LogP contribution is 2.40. The summed E-state index contributed by atoms with van der Waals surface area (Å²) in [5.74, 6) is 0. The first kappa shape index (κ1) is 18.6. The summed E-state index contributed by atoms with van der Waals surface area (Å²) in [7, 11) is 0. The highest BCUT2D eigenvalue weighted by Gasteiger charge is 2.14. The molecule has 0 amide bonds. The SMILES string of the molecule is Cc1ccccc1-c1c(C)ccc2cc3ccc(C)c(-c4ccccc4C)c3cc12. The molecule has 0 aromatic heterocycles. The second-order valence-electron chi connectivity index (χ2n) is 8.44. The summed E-state index contributed by atoms with van der Waals surface area (Å²) in [5, 5.41) is 5.26. The fourth-order valence-corrected chi connectivity index (χ4v) is 4.79. The van der Waals surface area contributed by atoms with Crippen LogP contribution in [0, 0.1) is 27.7 Å². The number of benzene rings is 5. The maximum Gasteiger partial charge on any atom is -0.00732 e. The zero-order valence-electron chi connectivity index (χ0n) is 18.1. The van der Waals surface area contributed by atoms with Crippen molar-refractivity contribution in [3.05, 3.63) is 107 Å². The highest BCUT2D eigenvalue weighted by molar-refractivity contribution is 6.10. The molecular formula is C30H26. The van der Waals surface area contributed by atoms with Gasteiger partial charge in [0.1, 0.15) is 0 Å². The largest absolute Gasteiger partial charge is 0.0620 e. The van der Waals surface area contributed by atoms with Crippen molar-refractivity contribution < 1.29 is 0 Å². The van der Waals surface area contributed by atoms with Crippen LogP contribution in [0.3, 0.4) is 0 Å². The molecular weight excluding hydrogens is 360 g/mol. The third-order valence-electron chi connectivity index (χ3n) is 6.40. The summed E-state index contributed by atoms with van der Waals surface area (Å²) >= 11 is 0. The molecule has 0 bridgehead atoms. The molecule has 0 unspecified atom stereocenters. The van der Waals surface area contributed by atoms with Gasteiger partial charge in [-0.25, -0.2) is 0 Å². The Kier molecular flexibility index (Phi) is 4.44. The van der Waals surface area contributed by atoms with Crippen molar-refractivity contribution in [1.82, 2.24) is 0 Å². The van der Waals surface area contributed by atoms with Crippen molar-refractivity contribution >= 4 is 21.5 Å². The van der Waals surface area contributed by atoms with Gasteiger partial charge < -0.3 is 0 Å². The number of hydrogen-bond acceptors (Lipinski definition) is 0. The summed E-state index contributed by atoms with van der Waals surface area (Å²) in [4.78, 5) is 0. The van der Waals surface area contributed by atoms with Crippen molar-refractivity contribution in [3.63, 3.8) is 0 Å². The Morgan fingerprint density at radius 1 is 0.400 bits per heavy atom. The van der Waals surface area contributed by atoms with Crippen LogP contribution in [0.2, 0.25) is 0 Å². The predicted octanol–water partition coefficient (Wildman–Crippen LogP) is 8.56. The zero-order valence-corrected chi connectivity index (χ0v) is 18.1. The van der Waals surface area contributed by atoms with E-state index in [0.717, 1.165) is 0 Å². The van der Waals surface area contributed by atoms with Gasteiger partial charge in [-0.1, -0.05) is 72.8 Å². The van der Waals surface area contributed by atoms with Crippen LogP contribution in [0.15, 0.2) is 84.9 Å². The standard InChI is InChI=1S/C30H26/c1-19-9-5-7-11-25(19)29-21(3)13-15-23-17-24-16-14-22(4)30(28(24)18-27(23)29)26-12-8-6-10-20(26)2/h5-18H,1-4H3. The Morgan fingerprint density at radius 3 is 1.27 bits per heavy atom. The van der Waals surface area contributed by atoms with E-state index in [0.29, 0.717) is 0 Å². The number of hydrogen-bond donors (Lipinski definition) is 0. The molecule has 0 heterocycles. The van der Waals surface area contributed by atoms with Crippen LogP contribution in [0.25, 0.3) is 43.8 Å². The van der Waals surface area contributed by atoms with Crippen LogP contribution in [0.1, 0.15) is 22.3 Å². The molecule has 0 atom stereocenters. The number of aryl methyl sites for hydroxylation is 4. The first-order valence-corrected chi connectivity index (χ1v) is 10.6. The van der Waals surface area contributed by atoms with E-state index < -0.39 is 0 Å². The fraction of sp³-hybridized carbons (Fsp3) is 0.133. The Hall–Kier alpha value is -3.38. The van der Waals surface area contributed by atoms with Crippen LogP contribution in [0.4, 0.5) is 0 Å². The van der Waals surface area contributed by atoms with Gasteiger partial charge in [0, 0.05) is 0 Å². The molecule has 0 spiro atoms. The van der Waals surface area contributed by atoms with Crippen molar-refractivity contribution in [3.8, 4) is 22.3 Å². The van der Waals surface area contributed by atoms with Crippen LogP contribution in [-0.4, -0.2) is 0 Å². The third-order valence-corrected chi connectivity index (χ3v) is 6.40. The van der Waals surface area contributed by atoms with E-state index in [2.05, 4.69) is 113 Å². The first-order valence-electron chi connectivity index (χ1n) is 10.6. The molecule has 0 aliphatic heterocycles. The molecule has 0 saturated carbocycles. The molecule has 0 aliphatic rings. The van der Waals surface area contributed by atoms with E-state index in [9.17, 15) is 0 Å². The molecule has 5 aromatic carbocycles. The van der Waals surface area contributed by atoms with Crippen molar-refractivity contribution in [2.75, 3.05) is 0 Å². The molecule has 5 aromatic rings. The average Bonchev–Trinajstić information content (AvgIpc) is 2.74. The summed E-state index contributed by atoms with van der Waals surface area (Å²) in [6.45, 7) is 8.86. The highest BCUT2D eigenvalue weighted by atomic mass is 14.2. The predicted molar refractivity (Wildman–Crippen MR) is 131 cm³/mol. The number of fused-ring (bicyclic) bond motifs is 2. The van der Waals surface area contributed by atoms with E-state index in [1.165, 1.54) is 66.1 Å². The molecule has 0 saturated heterocycles. The quantitative estimate of drug-likeness (QED) is 0.267. The molecule has 0 fully saturated rings. The normalized spacial score (nSPS) is 11.3. The monoisotopic (exact) mass is 386 g/mol. The maximum atomic E-state index is 2.42. The second-order valence-corrected chi connectivity index (χ2v) is 8.44. The lowest BCUT2D eigenvalue weighted by atomic mass is 9.87. The van der Waals surface area contributed by atoms with Crippen molar-refractivity contribution in [1.29, 1.82) is 0 Å². The smallest absolute Gasteiger partial charge is 0.00732 e. The van der Waals surface area contributed by atoms with Gasteiger partial charge in [0.25, 0.3) is 0 Å². The lowest BCUT2D eigenvalue weighted by Crippen LogP contribution is -1.92. The molecule has 0 N–H and O–H groups in total. The van der Waals surface area contributed by atoms with Gasteiger partial charge in [-0.3, -0.25) is 0 Å². The second kappa shape index (κ2) is 7.15. The van der Waals surface area contributed by atoms with Crippen LogP contribution >= 0.6 is 0 Å².